The number of hydrogen-bond acceptors (Lipinski definition) is 4. The summed E-state index contributed by atoms with van der Waals surface area (Å²) in [6.07, 6.45) is 2.73. The fourth-order valence-corrected chi connectivity index (χ4v) is 2.62. The van der Waals surface area contributed by atoms with Gasteiger partial charge in [-0.25, -0.2) is 0 Å². The average Bonchev–Trinajstić information content (AvgIpc) is 3.50. The molecule has 0 saturated heterocycles. The summed E-state index contributed by atoms with van der Waals surface area (Å²) in [4.78, 5) is 24.6. The molecule has 2 N–H and O–H groups in total. The average molecular weight is 368 g/mol. The van der Waals surface area contributed by atoms with E-state index in [2.05, 4.69) is 10.6 Å². The van der Waals surface area contributed by atoms with Gasteiger partial charge < -0.3 is 20.1 Å². The van der Waals surface area contributed by atoms with Crippen LogP contribution in [0.25, 0.3) is 0 Å². The number of amides is 2. The van der Waals surface area contributed by atoms with Crippen molar-refractivity contribution in [3.05, 3.63) is 59.7 Å². The number of nitrogens with one attached hydrogen (secondary N) is 2. The number of hydrogen-bond donors (Lipinski definition) is 2. The van der Waals surface area contributed by atoms with Crippen molar-refractivity contribution in [3.63, 3.8) is 0 Å². The first-order valence-corrected chi connectivity index (χ1v) is 9.06. The third-order valence-electron chi connectivity index (χ3n) is 4.27. The monoisotopic (exact) mass is 368 g/mol. The van der Waals surface area contributed by atoms with Crippen LogP contribution in [0.2, 0.25) is 0 Å². The van der Waals surface area contributed by atoms with Gasteiger partial charge in [-0.05, 0) is 43.0 Å². The molecule has 0 atom stereocenters. The molecule has 1 saturated carbocycles. The van der Waals surface area contributed by atoms with Crippen molar-refractivity contribution >= 4 is 17.5 Å². The summed E-state index contributed by atoms with van der Waals surface area (Å²) in [5.41, 5.74) is 2.00. The number of carbonyl (C=O) groups excluding carboxylic acids is 2. The Hall–Kier alpha value is -2.86. The molecule has 2 amide bonds. The molecule has 0 radical (unpaired) electrons. The second-order valence-corrected chi connectivity index (χ2v) is 6.50. The second kappa shape index (κ2) is 9.19. The van der Waals surface area contributed by atoms with Crippen LogP contribution in [0, 0.1) is 0 Å². The largest absolute Gasteiger partial charge is 0.497 e. The quantitative estimate of drug-likeness (QED) is 0.668. The molecule has 142 valence electrons. The van der Waals surface area contributed by atoms with E-state index in [0.717, 1.165) is 24.8 Å². The summed E-state index contributed by atoms with van der Waals surface area (Å²) in [5.74, 6) is 0.0541. The topological polar surface area (TPSA) is 76.7 Å². The van der Waals surface area contributed by atoms with Gasteiger partial charge in [0.05, 0.1) is 25.0 Å². The van der Waals surface area contributed by atoms with Gasteiger partial charge in [-0.15, -0.1) is 0 Å². The zero-order valence-electron chi connectivity index (χ0n) is 15.4. The zero-order chi connectivity index (χ0) is 19.1. The van der Waals surface area contributed by atoms with E-state index in [1.807, 2.05) is 30.3 Å². The van der Waals surface area contributed by atoms with Crippen molar-refractivity contribution in [2.24, 2.45) is 0 Å². The summed E-state index contributed by atoms with van der Waals surface area (Å²) < 4.78 is 10.6. The maximum absolute atomic E-state index is 12.4. The lowest BCUT2D eigenvalue weighted by Gasteiger charge is -2.13. The van der Waals surface area contributed by atoms with Crippen LogP contribution in [0.15, 0.2) is 48.5 Å². The summed E-state index contributed by atoms with van der Waals surface area (Å²) in [7, 11) is 1.54. The lowest BCUT2D eigenvalue weighted by molar-refractivity contribution is -0.120. The van der Waals surface area contributed by atoms with Crippen LogP contribution in [0.1, 0.15) is 28.8 Å². The molecular formula is C21H24N2O4. The highest BCUT2D eigenvalue weighted by atomic mass is 16.5. The molecule has 0 heterocycles. The molecule has 1 aliphatic rings. The van der Waals surface area contributed by atoms with Crippen LogP contribution in [-0.4, -0.2) is 38.2 Å². The Morgan fingerprint density at radius 3 is 2.59 bits per heavy atom. The Morgan fingerprint density at radius 2 is 1.89 bits per heavy atom. The molecule has 6 nitrogen and oxygen atoms in total. The van der Waals surface area contributed by atoms with E-state index in [4.69, 9.17) is 9.47 Å². The lowest BCUT2D eigenvalue weighted by Crippen LogP contribution is -2.27. The van der Waals surface area contributed by atoms with Crippen molar-refractivity contribution in [2.45, 2.75) is 25.3 Å². The fourth-order valence-electron chi connectivity index (χ4n) is 2.62. The Morgan fingerprint density at radius 1 is 1.11 bits per heavy atom. The van der Waals surface area contributed by atoms with E-state index in [9.17, 15) is 9.59 Å². The summed E-state index contributed by atoms with van der Waals surface area (Å²) in [6, 6.07) is 15.2. The van der Waals surface area contributed by atoms with Gasteiger partial charge in [0, 0.05) is 6.04 Å². The number of carbonyl (C=O) groups is 2. The van der Waals surface area contributed by atoms with Crippen molar-refractivity contribution in [3.8, 4) is 5.75 Å². The third kappa shape index (κ3) is 5.82. The van der Waals surface area contributed by atoms with Gasteiger partial charge in [-0.1, -0.05) is 30.3 Å². The SMILES string of the molecule is COc1ccc(NC(=O)COCCc2ccccc2)c(C(=O)NC2CC2)c1. The Kier molecular flexibility index (Phi) is 6.44. The van der Waals surface area contributed by atoms with Crippen molar-refractivity contribution < 1.29 is 19.1 Å². The van der Waals surface area contributed by atoms with Crippen LogP contribution >= 0.6 is 0 Å². The molecule has 27 heavy (non-hydrogen) atoms. The molecule has 0 spiro atoms. The molecular weight excluding hydrogens is 344 g/mol. The summed E-state index contributed by atoms with van der Waals surface area (Å²) in [6.45, 7) is 0.387. The lowest BCUT2D eigenvalue weighted by atomic mass is 10.1. The predicted molar refractivity (Wildman–Crippen MR) is 103 cm³/mol. The van der Waals surface area contributed by atoms with Crippen molar-refractivity contribution in [1.82, 2.24) is 5.32 Å². The minimum Gasteiger partial charge on any atom is -0.497 e. The molecule has 0 unspecified atom stereocenters. The molecule has 6 heteroatoms. The van der Waals surface area contributed by atoms with E-state index in [1.165, 1.54) is 7.11 Å². The van der Waals surface area contributed by atoms with Crippen LogP contribution in [0.4, 0.5) is 5.69 Å². The van der Waals surface area contributed by atoms with Gasteiger partial charge >= 0.3 is 0 Å². The fraction of sp³-hybridized carbons (Fsp3) is 0.333. The maximum Gasteiger partial charge on any atom is 0.253 e. The highest BCUT2D eigenvalue weighted by Crippen LogP contribution is 2.25. The van der Waals surface area contributed by atoms with Crippen LogP contribution in [0.3, 0.4) is 0 Å². The third-order valence-corrected chi connectivity index (χ3v) is 4.27. The van der Waals surface area contributed by atoms with Gasteiger partial charge in [0.2, 0.25) is 5.91 Å². The van der Waals surface area contributed by atoms with Gasteiger partial charge in [0.15, 0.2) is 0 Å². The van der Waals surface area contributed by atoms with E-state index in [1.54, 1.807) is 18.2 Å². The molecule has 3 rings (SSSR count). The first kappa shape index (κ1) is 18.9. The summed E-state index contributed by atoms with van der Waals surface area (Å²) in [5, 5.41) is 5.68. The molecule has 0 aliphatic heterocycles. The number of benzene rings is 2. The van der Waals surface area contributed by atoms with Gasteiger partial charge in [0.25, 0.3) is 5.91 Å². The van der Waals surface area contributed by atoms with E-state index in [0.29, 0.717) is 23.6 Å². The molecule has 0 bridgehead atoms. The van der Waals surface area contributed by atoms with Crippen molar-refractivity contribution in [2.75, 3.05) is 25.6 Å². The molecule has 1 aliphatic carbocycles. The number of rotatable bonds is 9. The van der Waals surface area contributed by atoms with Crippen LogP contribution < -0.4 is 15.4 Å². The number of anilines is 1. The Balaban J connectivity index is 1.53. The van der Waals surface area contributed by atoms with Gasteiger partial charge in [0.1, 0.15) is 12.4 Å². The minimum atomic E-state index is -0.297. The minimum absolute atomic E-state index is 0.0669. The van der Waals surface area contributed by atoms with Gasteiger partial charge in [-0.3, -0.25) is 9.59 Å². The molecule has 0 aromatic heterocycles. The number of ether oxygens (including phenoxy) is 2. The molecule has 2 aromatic carbocycles. The van der Waals surface area contributed by atoms with Gasteiger partial charge in [-0.2, -0.15) is 0 Å². The highest BCUT2D eigenvalue weighted by Gasteiger charge is 2.25. The van der Waals surface area contributed by atoms with Crippen molar-refractivity contribution in [1.29, 1.82) is 0 Å². The van der Waals surface area contributed by atoms with E-state index < -0.39 is 0 Å². The predicted octanol–water partition coefficient (Wildman–Crippen LogP) is 2.79. The molecule has 1 fully saturated rings. The normalized spacial score (nSPS) is 13.1. The first-order chi connectivity index (χ1) is 13.2. The highest BCUT2D eigenvalue weighted by molar-refractivity contribution is 6.04. The maximum atomic E-state index is 12.4. The Bertz CT molecular complexity index is 788. The van der Waals surface area contributed by atoms with Crippen LogP contribution in [0.5, 0.6) is 5.75 Å². The van der Waals surface area contributed by atoms with Crippen LogP contribution in [-0.2, 0) is 16.0 Å². The summed E-state index contributed by atoms with van der Waals surface area (Å²) >= 11 is 0. The van der Waals surface area contributed by atoms with E-state index in [-0.39, 0.29) is 24.5 Å². The standard InChI is InChI=1S/C21H24N2O4/c1-26-17-9-10-19(18(13-17)21(25)22-16-7-8-16)23-20(24)14-27-12-11-15-5-3-2-4-6-15/h2-6,9-10,13,16H,7-8,11-12,14H2,1H3,(H,22,25)(H,23,24). The Labute approximate surface area is 158 Å². The zero-order valence-corrected chi connectivity index (χ0v) is 15.4. The smallest absolute Gasteiger partial charge is 0.253 e. The second-order valence-electron chi connectivity index (χ2n) is 6.50. The first-order valence-electron chi connectivity index (χ1n) is 9.06. The van der Waals surface area contributed by atoms with E-state index >= 15 is 0 Å². The molecule has 2 aromatic rings. The number of methoxy groups -OCH3 is 1.